The molecular weight excluding hydrogens is 403 g/mol. The predicted octanol–water partition coefficient (Wildman–Crippen LogP) is 5.70. The van der Waals surface area contributed by atoms with E-state index in [0.29, 0.717) is 41.6 Å². The average molecular weight is 421 g/mol. The predicted molar refractivity (Wildman–Crippen MR) is 115 cm³/mol. The van der Waals surface area contributed by atoms with Gasteiger partial charge in [-0.05, 0) is 42.5 Å². The van der Waals surface area contributed by atoms with Crippen molar-refractivity contribution in [2.75, 3.05) is 13.2 Å². The van der Waals surface area contributed by atoms with Gasteiger partial charge in [-0.3, -0.25) is 4.79 Å². The molecule has 0 amide bonds. The van der Waals surface area contributed by atoms with Crippen LogP contribution in [0.5, 0.6) is 0 Å². The second-order valence-corrected chi connectivity index (χ2v) is 7.89. The number of hydrogen-bond acceptors (Lipinski definition) is 3. The van der Waals surface area contributed by atoms with E-state index in [2.05, 4.69) is 0 Å². The number of halogens is 2. The number of ketones is 1. The largest absolute Gasteiger partial charge is 0.381 e. The van der Waals surface area contributed by atoms with Gasteiger partial charge < -0.3 is 4.74 Å². The molecule has 0 radical (unpaired) electrons. The molecule has 0 saturated carbocycles. The molecule has 0 bridgehead atoms. The van der Waals surface area contributed by atoms with Gasteiger partial charge in [-0.25, -0.2) is 9.07 Å². The number of nitrogens with zero attached hydrogens (tertiary/aromatic N) is 2. The first-order valence-electron chi connectivity index (χ1n) is 9.75. The lowest BCUT2D eigenvalue weighted by Gasteiger charge is -2.25. The van der Waals surface area contributed by atoms with Crippen molar-refractivity contribution in [3.8, 4) is 16.9 Å². The molecule has 0 atom stereocenters. The lowest BCUT2D eigenvalue weighted by Crippen LogP contribution is -2.29. The fourth-order valence-electron chi connectivity index (χ4n) is 3.70. The highest BCUT2D eigenvalue weighted by Crippen LogP contribution is 2.34. The van der Waals surface area contributed by atoms with E-state index in [1.807, 2.05) is 42.5 Å². The summed E-state index contributed by atoms with van der Waals surface area (Å²) in [5.74, 6) is 0.0466. The summed E-state index contributed by atoms with van der Waals surface area (Å²) in [6.45, 7) is 1.27. The number of aromatic nitrogens is 2. The van der Waals surface area contributed by atoms with Crippen LogP contribution in [0.15, 0.2) is 66.7 Å². The van der Waals surface area contributed by atoms with Crippen LogP contribution in [0.25, 0.3) is 27.8 Å². The molecular formula is C24H18ClFN2O2. The van der Waals surface area contributed by atoms with Crippen LogP contribution in [0.3, 0.4) is 0 Å². The molecule has 4 aromatic rings. The topological polar surface area (TPSA) is 44.1 Å². The first kappa shape index (κ1) is 19.0. The van der Waals surface area contributed by atoms with Gasteiger partial charge in [0.2, 0.25) is 0 Å². The number of carbonyl (C=O) groups is 1. The molecule has 150 valence electrons. The first-order chi connectivity index (χ1) is 14.6. The number of benzene rings is 3. The fraction of sp³-hybridized carbons (Fsp3) is 0.167. The van der Waals surface area contributed by atoms with E-state index >= 15 is 0 Å². The molecule has 0 spiro atoms. The second kappa shape index (κ2) is 7.67. The van der Waals surface area contributed by atoms with E-state index in [9.17, 15) is 9.18 Å². The highest BCUT2D eigenvalue weighted by molar-refractivity contribution is 6.33. The zero-order valence-corrected chi connectivity index (χ0v) is 16.8. The summed E-state index contributed by atoms with van der Waals surface area (Å²) >= 11 is 6.43. The van der Waals surface area contributed by atoms with Crippen LogP contribution in [0.1, 0.15) is 16.8 Å². The molecule has 5 rings (SSSR count). The smallest absolute Gasteiger partial charge is 0.163 e. The lowest BCUT2D eigenvalue weighted by molar-refractivity contribution is -0.0321. The van der Waals surface area contributed by atoms with Crippen molar-refractivity contribution in [1.29, 1.82) is 0 Å². The van der Waals surface area contributed by atoms with Gasteiger partial charge in [0.15, 0.2) is 5.78 Å². The Hall–Kier alpha value is -3.02. The second-order valence-electron chi connectivity index (χ2n) is 7.48. The number of rotatable bonds is 5. The van der Waals surface area contributed by atoms with E-state index < -0.39 is 0 Å². The van der Waals surface area contributed by atoms with E-state index in [0.717, 1.165) is 16.5 Å². The maximum Gasteiger partial charge on any atom is 0.163 e. The zero-order chi connectivity index (χ0) is 20.7. The molecule has 1 aliphatic rings. The third-order valence-electron chi connectivity index (χ3n) is 5.38. The van der Waals surface area contributed by atoms with Gasteiger partial charge in [0, 0.05) is 28.9 Å². The van der Waals surface area contributed by atoms with E-state index in [-0.39, 0.29) is 17.5 Å². The molecule has 6 heteroatoms. The lowest BCUT2D eigenvalue weighted by atomic mass is 9.96. The Morgan fingerprint density at radius 3 is 2.57 bits per heavy atom. The first-order valence-corrected chi connectivity index (χ1v) is 10.1. The molecule has 0 N–H and O–H groups in total. The molecule has 1 aliphatic heterocycles. The number of ether oxygens (including phenoxy) is 1. The highest BCUT2D eigenvalue weighted by Gasteiger charge is 2.23. The van der Waals surface area contributed by atoms with Crippen molar-refractivity contribution in [3.63, 3.8) is 0 Å². The molecule has 0 unspecified atom stereocenters. The van der Waals surface area contributed by atoms with Crippen LogP contribution in [0, 0.1) is 11.7 Å². The Kier molecular flexibility index (Phi) is 4.85. The zero-order valence-electron chi connectivity index (χ0n) is 16.0. The Bertz CT molecular complexity index is 1250. The van der Waals surface area contributed by atoms with Gasteiger partial charge in [-0.2, -0.15) is 5.10 Å². The van der Waals surface area contributed by atoms with E-state index in [1.54, 1.807) is 16.8 Å². The number of hydrogen-bond donors (Lipinski definition) is 0. The molecule has 4 nitrogen and oxygen atoms in total. The Labute approximate surface area is 177 Å². The van der Waals surface area contributed by atoms with Gasteiger partial charge in [0.25, 0.3) is 0 Å². The van der Waals surface area contributed by atoms with Gasteiger partial charge in [-0.1, -0.05) is 35.9 Å². The maximum atomic E-state index is 13.5. The standard InChI is InChI=1S/C24H18ClFN2O2/c25-21-4-2-1-3-19(21)24-20-10-5-16(23(29)11-15-13-30-14-15)12-22(20)28(27-24)18-8-6-17(26)7-9-18/h1-10,12,15H,11,13-14H2. The molecule has 1 saturated heterocycles. The minimum absolute atomic E-state index is 0.0800. The summed E-state index contributed by atoms with van der Waals surface area (Å²) in [6.07, 6.45) is 0.466. The molecule has 0 aliphatic carbocycles. The van der Waals surface area contributed by atoms with Gasteiger partial charge >= 0.3 is 0 Å². The monoisotopic (exact) mass is 420 g/mol. The third kappa shape index (κ3) is 3.40. The van der Waals surface area contributed by atoms with Gasteiger partial charge in [0.1, 0.15) is 11.5 Å². The Morgan fingerprint density at radius 2 is 1.87 bits per heavy atom. The highest BCUT2D eigenvalue weighted by atomic mass is 35.5. The van der Waals surface area contributed by atoms with E-state index in [1.165, 1.54) is 12.1 Å². The Morgan fingerprint density at radius 1 is 1.10 bits per heavy atom. The minimum Gasteiger partial charge on any atom is -0.381 e. The van der Waals surface area contributed by atoms with Crippen LogP contribution >= 0.6 is 11.6 Å². The quantitative estimate of drug-likeness (QED) is 0.389. The fourth-order valence-corrected chi connectivity index (χ4v) is 3.93. The molecule has 1 aromatic heterocycles. The number of fused-ring (bicyclic) bond motifs is 1. The third-order valence-corrected chi connectivity index (χ3v) is 5.71. The Balaban J connectivity index is 1.67. The molecule has 3 aromatic carbocycles. The number of carbonyl (C=O) groups excluding carboxylic acids is 1. The molecule has 2 heterocycles. The maximum absolute atomic E-state index is 13.5. The minimum atomic E-state index is -0.319. The van der Waals surface area contributed by atoms with Gasteiger partial charge in [0.05, 0.1) is 29.4 Å². The summed E-state index contributed by atoms with van der Waals surface area (Å²) in [7, 11) is 0. The van der Waals surface area contributed by atoms with Crippen LogP contribution in [0.2, 0.25) is 5.02 Å². The van der Waals surface area contributed by atoms with Gasteiger partial charge in [-0.15, -0.1) is 0 Å². The summed E-state index contributed by atoms with van der Waals surface area (Å²) < 4.78 is 20.4. The molecule has 30 heavy (non-hydrogen) atoms. The van der Waals surface area contributed by atoms with Crippen molar-refractivity contribution in [2.24, 2.45) is 5.92 Å². The van der Waals surface area contributed by atoms with Crippen molar-refractivity contribution in [1.82, 2.24) is 9.78 Å². The summed E-state index contributed by atoms with van der Waals surface area (Å²) in [6, 6.07) is 19.2. The van der Waals surface area contributed by atoms with Crippen LogP contribution in [-0.4, -0.2) is 28.8 Å². The number of Topliss-reactive ketones (excluding diaryl/α,β-unsaturated/α-hetero) is 1. The normalized spacial score (nSPS) is 14.1. The van der Waals surface area contributed by atoms with Crippen molar-refractivity contribution >= 4 is 28.3 Å². The van der Waals surface area contributed by atoms with Crippen molar-refractivity contribution in [2.45, 2.75) is 6.42 Å². The average Bonchev–Trinajstić information content (AvgIpc) is 3.10. The SMILES string of the molecule is O=C(CC1COC1)c1ccc2c(-c3ccccc3Cl)nn(-c3ccc(F)cc3)c2c1. The summed E-state index contributed by atoms with van der Waals surface area (Å²) in [5.41, 5.74) is 3.62. The van der Waals surface area contributed by atoms with E-state index in [4.69, 9.17) is 21.4 Å². The van der Waals surface area contributed by atoms with Crippen molar-refractivity contribution < 1.29 is 13.9 Å². The molecule has 1 fully saturated rings. The van der Waals surface area contributed by atoms with Crippen LogP contribution in [-0.2, 0) is 4.74 Å². The van der Waals surface area contributed by atoms with Crippen LogP contribution in [0.4, 0.5) is 4.39 Å². The summed E-state index contributed by atoms with van der Waals surface area (Å²) in [5, 5.41) is 6.25. The van der Waals surface area contributed by atoms with Crippen LogP contribution < -0.4 is 0 Å². The summed E-state index contributed by atoms with van der Waals surface area (Å²) in [4.78, 5) is 12.8. The van der Waals surface area contributed by atoms with Crippen molar-refractivity contribution in [3.05, 3.63) is 83.1 Å².